The minimum atomic E-state index is -0.459. The number of carbonyl (C=O) groups excluding carboxylic acids is 1. The molecule has 6 heteroatoms. The van der Waals surface area contributed by atoms with Crippen LogP contribution in [-0.4, -0.2) is 47.0 Å². The number of benzene rings is 3. The highest BCUT2D eigenvalue weighted by Gasteiger charge is 2.22. The van der Waals surface area contributed by atoms with E-state index in [2.05, 4.69) is 68.3 Å². The van der Waals surface area contributed by atoms with Crippen molar-refractivity contribution in [2.24, 2.45) is 5.73 Å². The van der Waals surface area contributed by atoms with Crippen LogP contribution in [0, 0.1) is 0 Å². The number of H-pyrrole nitrogens is 1. The average molecular weight is 494 g/mol. The molecule has 37 heavy (non-hydrogen) atoms. The van der Waals surface area contributed by atoms with Crippen LogP contribution in [0.25, 0.3) is 22.4 Å². The average Bonchev–Trinajstić information content (AvgIpc) is 3.39. The Morgan fingerprint density at radius 1 is 0.919 bits per heavy atom. The van der Waals surface area contributed by atoms with Crippen LogP contribution in [0.4, 0.5) is 5.69 Å². The molecule has 1 amide bonds. The molecule has 0 aliphatic carbocycles. The van der Waals surface area contributed by atoms with Gasteiger partial charge in [0, 0.05) is 37.4 Å². The maximum Gasteiger partial charge on any atom is 0.250 e. The molecule has 3 aromatic carbocycles. The summed E-state index contributed by atoms with van der Waals surface area (Å²) in [5.41, 5.74) is 12.6. The summed E-state index contributed by atoms with van der Waals surface area (Å²) in [6, 6.07) is 23.5. The van der Waals surface area contributed by atoms with E-state index >= 15 is 0 Å². The lowest BCUT2D eigenvalue weighted by Gasteiger charge is -2.33. The second-order valence-corrected chi connectivity index (χ2v) is 10.6. The predicted molar refractivity (Wildman–Crippen MR) is 150 cm³/mol. The summed E-state index contributed by atoms with van der Waals surface area (Å²) in [4.78, 5) is 24.9. The van der Waals surface area contributed by atoms with Crippen molar-refractivity contribution >= 4 is 22.6 Å². The maximum atomic E-state index is 11.8. The highest BCUT2D eigenvalue weighted by Crippen LogP contribution is 2.30. The van der Waals surface area contributed by atoms with Gasteiger partial charge in [0.15, 0.2) is 0 Å². The van der Waals surface area contributed by atoms with Crippen molar-refractivity contribution in [2.75, 3.05) is 31.1 Å². The number of hydrogen-bond acceptors (Lipinski definition) is 4. The Hall–Kier alpha value is -3.64. The molecule has 3 N–H and O–H groups in total. The zero-order valence-corrected chi connectivity index (χ0v) is 21.3. The van der Waals surface area contributed by atoms with E-state index in [0.29, 0.717) is 17.0 Å². The second-order valence-electron chi connectivity index (χ2n) is 10.6. The van der Waals surface area contributed by atoms with Gasteiger partial charge < -0.3 is 15.6 Å². The van der Waals surface area contributed by atoms with Gasteiger partial charge in [-0.15, -0.1) is 0 Å². The lowest BCUT2D eigenvalue weighted by molar-refractivity contribution is 0.100. The zero-order chi connectivity index (χ0) is 25.2. The van der Waals surface area contributed by atoms with Crippen molar-refractivity contribution in [3.05, 3.63) is 83.4 Å². The van der Waals surface area contributed by atoms with Gasteiger partial charge in [-0.1, -0.05) is 42.5 Å². The first-order chi connectivity index (χ1) is 18.1. The topological polar surface area (TPSA) is 78.2 Å². The van der Waals surface area contributed by atoms with Crippen molar-refractivity contribution in [3.8, 4) is 11.4 Å². The van der Waals surface area contributed by atoms with E-state index in [9.17, 15) is 4.79 Å². The molecule has 190 valence electrons. The highest BCUT2D eigenvalue weighted by molar-refractivity contribution is 6.04. The van der Waals surface area contributed by atoms with E-state index in [4.69, 9.17) is 5.73 Å². The number of rotatable bonds is 6. The molecule has 0 spiro atoms. The number of anilines is 1. The summed E-state index contributed by atoms with van der Waals surface area (Å²) in [6.07, 6.45) is 6.43. The predicted octanol–water partition coefficient (Wildman–Crippen LogP) is 5.70. The number of aromatic amines is 1. The number of piperidine rings is 2. The number of fused-ring (bicyclic) bond motifs is 1. The van der Waals surface area contributed by atoms with Crippen LogP contribution >= 0.6 is 0 Å². The minimum Gasteiger partial charge on any atom is -0.372 e. The van der Waals surface area contributed by atoms with Crippen LogP contribution in [0.1, 0.15) is 59.5 Å². The van der Waals surface area contributed by atoms with E-state index in [1.54, 1.807) is 6.07 Å². The first-order valence-corrected chi connectivity index (χ1v) is 13.6. The fraction of sp³-hybridized carbons (Fsp3) is 0.355. The molecule has 6 nitrogen and oxygen atoms in total. The van der Waals surface area contributed by atoms with E-state index in [1.165, 1.54) is 62.0 Å². The lowest BCUT2D eigenvalue weighted by Crippen LogP contribution is -2.34. The zero-order valence-electron chi connectivity index (χ0n) is 21.3. The van der Waals surface area contributed by atoms with Gasteiger partial charge in [-0.25, -0.2) is 4.98 Å². The number of aromatic nitrogens is 2. The lowest BCUT2D eigenvalue weighted by atomic mass is 9.90. The Labute approximate surface area is 218 Å². The Kier molecular flexibility index (Phi) is 6.66. The molecule has 2 fully saturated rings. The Bertz CT molecular complexity index is 1370. The van der Waals surface area contributed by atoms with E-state index in [0.717, 1.165) is 36.5 Å². The van der Waals surface area contributed by atoms with Gasteiger partial charge in [0.1, 0.15) is 11.3 Å². The molecule has 2 saturated heterocycles. The first kappa shape index (κ1) is 23.7. The summed E-state index contributed by atoms with van der Waals surface area (Å²) in [7, 11) is 0. The van der Waals surface area contributed by atoms with Crippen molar-refractivity contribution in [3.63, 3.8) is 0 Å². The van der Waals surface area contributed by atoms with Gasteiger partial charge in [0.2, 0.25) is 0 Å². The molecule has 0 radical (unpaired) electrons. The molecule has 0 bridgehead atoms. The standard InChI is InChI=1S/C31H35N5O/c32-30(37)27-7-4-8-28-29(27)34-31(33-28)24-13-11-23(12-14-24)25-6-5-17-35(21-25)20-22-9-15-26(16-10-22)36-18-2-1-3-19-36/h4,7-16,25H,1-3,5-6,17-21H2,(H2,32,37)(H,33,34). The fourth-order valence-corrected chi connectivity index (χ4v) is 5.97. The smallest absolute Gasteiger partial charge is 0.250 e. The molecule has 1 aromatic heterocycles. The van der Waals surface area contributed by atoms with Crippen LogP contribution in [-0.2, 0) is 6.54 Å². The normalized spacial score (nSPS) is 18.8. The van der Waals surface area contributed by atoms with Gasteiger partial charge >= 0.3 is 0 Å². The summed E-state index contributed by atoms with van der Waals surface area (Å²) >= 11 is 0. The fourth-order valence-electron chi connectivity index (χ4n) is 5.97. The number of nitrogens with one attached hydrogen (secondary N) is 1. The van der Waals surface area contributed by atoms with Crippen molar-refractivity contribution in [1.82, 2.24) is 14.9 Å². The van der Waals surface area contributed by atoms with Crippen molar-refractivity contribution in [1.29, 1.82) is 0 Å². The molecule has 1 atom stereocenters. The summed E-state index contributed by atoms with van der Waals surface area (Å²) < 4.78 is 0. The maximum absolute atomic E-state index is 11.8. The number of nitrogens with zero attached hydrogens (tertiary/aromatic N) is 3. The summed E-state index contributed by atoms with van der Waals surface area (Å²) in [6.45, 7) is 5.63. The van der Waals surface area contributed by atoms with Crippen LogP contribution < -0.4 is 10.6 Å². The molecule has 1 unspecified atom stereocenters. The molecular weight excluding hydrogens is 458 g/mol. The van der Waals surface area contributed by atoms with Crippen LogP contribution in [0.3, 0.4) is 0 Å². The number of amides is 1. The third-order valence-electron chi connectivity index (χ3n) is 8.00. The number of nitrogens with two attached hydrogens (primary N) is 1. The monoisotopic (exact) mass is 493 g/mol. The van der Waals surface area contributed by atoms with E-state index < -0.39 is 5.91 Å². The number of hydrogen-bond donors (Lipinski definition) is 2. The minimum absolute atomic E-state index is 0.444. The molecule has 3 heterocycles. The van der Waals surface area contributed by atoms with Gasteiger partial charge in [-0.2, -0.15) is 0 Å². The Morgan fingerprint density at radius 3 is 2.46 bits per heavy atom. The Balaban J connectivity index is 1.11. The van der Waals surface area contributed by atoms with E-state index in [1.807, 2.05) is 12.1 Å². The largest absolute Gasteiger partial charge is 0.372 e. The number of likely N-dealkylation sites (tertiary alicyclic amines) is 1. The third-order valence-corrected chi connectivity index (χ3v) is 8.00. The van der Waals surface area contributed by atoms with Gasteiger partial charge in [-0.05, 0) is 80.0 Å². The number of imidazole rings is 1. The van der Waals surface area contributed by atoms with Gasteiger partial charge in [0.05, 0.1) is 11.1 Å². The van der Waals surface area contributed by atoms with Crippen LogP contribution in [0.2, 0.25) is 0 Å². The molecule has 4 aromatic rings. The molecule has 0 saturated carbocycles. The SMILES string of the molecule is NC(=O)c1cccc2[nH]c(-c3ccc(C4CCCN(Cc5ccc(N6CCCCC6)cc5)C4)cc3)nc12. The third kappa shape index (κ3) is 5.12. The quantitative estimate of drug-likeness (QED) is 0.361. The van der Waals surface area contributed by atoms with Crippen molar-refractivity contribution in [2.45, 2.75) is 44.6 Å². The number of para-hydroxylation sites is 1. The molecule has 2 aliphatic heterocycles. The Morgan fingerprint density at radius 2 is 1.70 bits per heavy atom. The number of primary amides is 1. The number of carbonyl (C=O) groups is 1. The summed E-state index contributed by atoms with van der Waals surface area (Å²) in [5, 5.41) is 0. The van der Waals surface area contributed by atoms with Crippen LogP contribution in [0.15, 0.2) is 66.7 Å². The van der Waals surface area contributed by atoms with E-state index in [-0.39, 0.29) is 0 Å². The van der Waals surface area contributed by atoms with Crippen molar-refractivity contribution < 1.29 is 4.79 Å². The first-order valence-electron chi connectivity index (χ1n) is 13.6. The molecule has 6 rings (SSSR count). The van der Waals surface area contributed by atoms with Gasteiger partial charge in [0.25, 0.3) is 5.91 Å². The summed E-state index contributed by atoms with van der Waals surface area (Å²) in [5.74, 6) is 0.833. The van der Waals surface area contributed by atoms with Crippen LogP contribution in [0.5, 0.6) is 0 Å². The molecular formula is C31H35N5O. The highest BCUT2D eigenvalue weighted by atomic mass is 16.1. The molecule has 2 aliphatic rings. The second kappa shape index (κ2) is 10.4. The van der Waals surface area contributed by atoms with Gasteiger partial charge in [-0.3, -0.25) is 9.69 Å².